The van der Waals surface area contributed by atoms with E-state index < -0.39 is 0 Å². The highest BCUT2D eigenvalue weighted by Crippen LogP contribution is 2.06. The van der Waals surface area contributed by atoms with Crippen LogP contribution in [-0.2, 0) is 6.42 Å². The summed E-state index contributed by atoms with van der Waals surface area (Å²) in [6, 6.07) is 8.71. The molecule has 0 saturated carbocycles. The molecule has 1 aromatic rings. The van der Waals surface area contributed by atoms with Crippen LogP contribution in [0.5, 0.6) is 0 Å². The van der Waals surface area contributed by atoms with Crippen LogP contribution in [-0.4, -0.2) is 13.1 Å². The molecule has 0 aliphatic carbocycles. The van der Waals surface area contributed by atoms with Gasteiger partial charge in [-0.05, 0) is 24.1 Å². The van der Waals surface area contributed by atoms with E-state index >= 15 is 0 Å². The number of nitrogens with one attached hydrogen (secondary N) is 1. The minimum absolute atomic E-state index is 0.950. The van der Waals surface area contributed by atoms with Crippen molar-refractivity contribution in [1.29, 1.82) is 0 Å². The summed E-state index contributed by atoms with van der Waals surface area (Å²) in [5, 5.41) is 3.25. The highest BCUT2D eigenvalue weighted by atomic mass is 14.8. The monoisotopic (exact) mass is 189 g/mol. The molecule has 0 radical (unpaired) electrons. The van der Waals surface area contributed by atoms with Gasteiger partial charge in [-0.15, -0.1) is 0 Å². The average molecular weight is 189 g/mol. The van der Waals surface area contributed by atoms with Crippen LogP contribution in [0.2, 0.25) is 0 Å². The fraction of sp³-hybridized carbons (Fsp3) is 0.385. The van der Waals surface area contributed by atoms with Crippen molar-refractivity contribution >= 4 is 6.08 Å². The topological polar surface area (TPSA) is 12.0 Å². The Morgan fingerprint density at radius 3 is 2.43 bits per heavy atom. The van der Waals surface area contributed by atoms with E-state index in [9.17, 15) is 0 Å². The third kappa shape index (κ3) is 3.75. The molecular weight excluding hydrogens is 170 g/mol. The van der Waals surface area contributed by atoms with Gasteiger partial charge in [0.05, 0.1) is 0 Å². The van der Waals surface area contributed by atoms with Gasteiger partial charge in [-0.25, -0.2) is 0 Å². The standard InChI is InChI=1S/C13H19N/c1-3-12-7-9-13(10-8-12)6-5-11-14-4-2/h5-10,14H,3-4,11H2,1-2H3. The Morgan fingerprint density at radius 2 is 1.86 bits per heavy atom. The molecule has 1 heteroatoms. The molecular formula is C13H19N. The van der Waals surface area contributed by atoms with Crippen molar-refractivity contribution in [2.75, 3.05) is 13.1 Å². The second kappa shape index (κ2) is 6.39. The van der Waals surface area contributed by atoms with E-state index in [1.54, 1.807) is 0 Å². The lowest BCUT2D eigenvalue weighted by atomic mass is 10.1. The number of benzene rings is 1. The van der Waals surface area contributed by atoms with Crippen LogP contribution >= 0.6 is 0 Å². The van der Waals surface area contributed by atoms with Crippen molar-refractivity contribution in [1.82, 2.24) is 5.32 Å². The van der Waals surface area contributed by atoms with Gasteiger partial charge in [-0.3, -0.25) is 0 Å². The summed E-state index contributed by atoms with van der Waals surface area (Å²) in [5.41, 5.74) is 2.67. The molecule has 1 nitrogen and oxygen atoms in total. The van der Waals surface area contributed by atoms with Gasteiger partial charge >= 0.3 is 0 Å². The van der Waals surface area contributed by atoms with E-state index in [2.05, 4.69) is 55.6 Å². The van der Waals surface area contributed by atoms with Crippen LogP contribution in [0.1, 0.15) is 25.0 Å². The van der Waals surface area contributed by atoms with Crippen LogP contribution in [0.4, 0.5) is 0 Å². The summed E-state index contributed by atoms with van der Waals surface area (Å²) in [4.78, 5) is 0. The largest absolute Gasteiger partial charge is 0.314 e. The maximum atomic E-state index is 3.25. The zero-order valence-electron chi connectivity index (χ0n) is 9.09. The molecule has 0 bridgehead atoms. The molecule has 1 N–H and O–H groups in total. The van der Waals surface area contributed by atoms with E-state index in [1.807, 2.05) is 0 Å². The highest BCUT2D eigenvalue weighted by Gasteiger charge is 1.88. The summed E-state index contributed by atoms with van der Waals surface area (Å²) in [5.74, 6) is 0. The van der Waals surface area contributed by atoms with Crippen LogP contribution in [0.25, 0.3) is 6.08 Å². The molecule has 1 aromatic carbocycles. The Kier molecular flexibility index (Phi) is 5.02. The Labute approximate surface area is 86.8 Å². The number of hydrogen-bond acceptors (Lipinski definition) is 1. The van der Waals surface area contributed by atoms with E-state index in [-0.39, 0.29) is 0 Å². The highest BCUT2D eigenvalue weighted by molar-refractivity contribution is 5.49. The lowest BCUT2D eigenvalue weighted by molar-refractivity contribution is 0.801. The van der Waals surface area contributed by atoms with E-state index in [0.29, 0.717) is 0 Å². The van der Waals surface area contributed by atoms with Crippen molar-refractivity contribution in [2.45, 2.75) is 20.3 Å². The molecule has 0 aliphatic heterocycles. The van der Waals surface area contributed by atoms with Gasteiger partial charge in [0.1, 0.15) is 0 Å². The quantitative estimate of drug-likeness (QED) is 0.702. The van der Waals surface area contributed by atoms with Crippen molar-refractivity contribution in [3.8, 4) is 0 Å². The van der Waals surface area contributed by atoms with Crippen LogP contribution in [0.15, 0.2) is 30.3 Å². The summed E-state index contributed by atoms with van der Waals surface area (Å²) >= 11 is 0. The fourth-order valence-electron chi connectivity index (χ4n) is 1.29. The molecule has 0 aliphatic rings. The summed E-state index contributed by atoms with van der Waals surface area (Å²) in [7, 11) is 0. The third-order valence-corrected chi connectivity index (χ3v) is 2.21. The first-order chi connectivity index (χ1) is 6.86. The summed E-state index contributed by atoms with van der Waals surface area (Å²) in [6.07, 6.45) is 5.42. The van der Waals surface area contributed by atoms with Gasteiger partial charge in [-0.2, -0.15) is 0 Å². The average Bonchev–Trinajstić information content (AvgIpc) is 2.25. The lowest BCUT2D eigenvalue weighted by Crippen LogP contribution is -2.11. The number of hydrogen-bond donors (Lipinski definition) is 1. The van der Waals surface area contributed by atoms with Crippen LogP contribution in [0, 0.1) is 0 Å². The lowest BCUT2D eigenvalue weighted by Gasteiger charge is -1.97. The van der Waals surface area contributed by atoms with Gasteiger partial charge < -0.3 is 5.32 Å². The predicted molar refractivity (Wildman–Crippen MR) is 63.4 cm³/mol. The number of likely N-dealkylation sites (N-methyl/N-ethyl adjacent to an activating group) is 1. The van der Waals surface area contributed by atoms with Crippen molar-refractivity contribution in [2.24, 2.45) is 0 Å². The smallest absolute Gasteiger partial charge is 0.0138 e. The molecule has 14 heavy (non-hydrogen) atoms. The molecule has 0 unspecified atom stereocenters. The first-order valence-corrected chi connectivity index (χ1v) is 5.33. The Morgan fingerprint density at radius 1 is 1.14 bits per heavy atom. The van der Waals surface area contributed by atoms with Gasteiger partial charge in [-0.1, -0.05) is 50.3 Å². The summed E-state index contributed by atoms with van der Waals surface area (Å²) in [6.45, 7) is 6.27. The van der Waals surface area contributed by atoms with E-state index in [1.165, 1.54) is 11.1 Å². The molecule has 0 atom stereocenters. The number of aryl methyl sites for hydroxylation is 1. The second-order valence-corrected chi connectivity index (χ2v) is 3.31. The van der Waals surface area contributed by atoms with Crippen molar-refractivity contribution in [3.05, 3.63) is 41.5 Å². The molecule has 0 amide bonds. The molecule has 0 saturated heterocycles. The minimum atomic E-state index is 0.950. The molecule has 0 aromatic heterocycles. The Balaban J connectivity index is 2.47. The third-order valence-electron chi connectivity index (χ3n) is 2.21. The number of rotatable bonds is 5. The van der Waals surface area contributed by atoms with Crippen LogP contribution < -0.4 is 5.32 Å². The SMILES string of the molecule is CCNCC=Cc1ccc(CC)cc1. The maximum absolute atomic E-state index is 3.25. The zero-order valence-corrected chi connectivity index (χ0v) is 9.09. The Bertz CT molecular complexity index is 272. The molecule has 0 heterocycles. The second-order valence-electron chi connectivity index (χ2n) is 3.31. The van der Waals surface area contributed by atoms with Crippen molar-refractivity contribution < 1.29 is 0 Å². The zero-order chi connectivity index (χ0) is 10.2. The fourth-order valence-corrected chi connectivity index (χ4v) is 1.29. The van der Waals surface area contributed by atoms with Gasteiger partial charge in [0.2, 0.25) is 0 Å². The van der Waals surface area contributed by atoms with E-state index in [4.69, 9.17) is 0 Å². The maximum Gasteiger partial charge on any atom is 0.0138 e. The van der Waals surface area contributed by atoms with Crippen LogP contribution in [0.3, 0.4) is 0 Å². The minimum Gasteiger partial charge on any atom is -0.314 e. The first kappa shape index (κ1) is 11.0. The van der Waals surface area contributed by atoms with E-state index in [0.717, 1.165) is 19.5 Å². The predicted octanol–water partition coefficient (Wildman–Crippen LogP) is 2.87. The van der Waals surface area contributed by atoms with Gasteiger partial charge in [0, 0.05) is 6.54 Å². The van der Waals surface area contributed by atoms with Gasteiger partial charge in [0.25, 0.3) is 0 Å². The molecule has 1 rings (SSSR count). The summed E-state index contributed by atoms with van der Waals surface area (Å²) < 4.78 is 0. The first-order valence-electron chi connectivity index (χ1n) is 5.33. The molecule has 76 valence electrons. The van der Waals surface area contributed by atoms with Gasteiger partial charge in [0.15, 0.2) is 0 Å². The van der Waals surface area contributed by atoms with Crippen molar-refractivity contribution in [3.63, 3.8) is 0 Å². The Hall–Kier alpha value is -1.08. The normalized spacial score (nSPS) is 11.0. The molecule has 0 spiro atoms. The molecule has 0 fully saturated rings.